The van der Waals surface area contributed by atoms with Crippen molar-refractivity contribution in [2.45, 2.75) is 172 Å². The van der Waals surface area contributed by atoms with E-state index in [-0.39, 0.29) is 31.4 Å². The molecule has 1 aromatic carbocycles. The van der Waals surface area contributed by atoms with E-state index in [0.717, 1.165) is 38.5 Å². The molecule has 9 atom stereocenters. The van der Waals surface area contributed by atoms with Gasteiger partial charge in [-0.3, -0.25) is 9.59 Å². The minimum absolute atomic E-state index is 0.00127. The minimum Gasteiger partial charge on any atom is -0.460 e. The third-order valence-corrected chi connectivity index (χ3v) is 10.4. The summed E-state index contributed by atoms with van der Waals surface area (Å²) < 4.78 is 35.9. The zero-order chi connectivity index (χ0) is 42.5. The van der Waals surface area contributed by atoms with Crippen molar-refractivity contribution in [3.63, 3.8) is 0 Å². The fourth-order valence-electron chi connectivity index (χ4n) is 7.29. The smallest absolute Gasteiger partial charge is 0.338 e. The molecule has 1 aliphatic carbocycles. The Bertz CT molecular complexity index is 1530. The van der Waals surface area contributed by atoms with Crippen molar-refractivity contribution in [1.82, 2.24) is 5.32 Å². The summed E-state index contributed by atoms with van der Waals surface area (Å²) in [5.74, 6) is -2.46. The van der Waals surface area contributed by atoms with Gasteiger partial charge in [0.15, 0.2) is 12.1 Å². The summed E-state index contributed by atoms with van der Waals surface area (Å²) >= 11 is 0. The largest absolute Gasteiger partial charge is 0.460 e. The monoisotopic (exact) mass is 819 g/mol. The predicted molar refractivity (Wildman–Crippen MR) is 212 cm³/mol. The van der Waals surface area contributed by atoms with E-state index in [2.05, 4.69) is 19.2 Å². The van der Waals surface area contributed by atoms with Crippen molar-refractivity contribution >= 4 is 23.9 Å². The molecule has 0 radical (unpaired) electrons. The third-order valence-electron chi connectivity index (χ3n) is 10.4. The Hall–Kier alpha value is -3.25. The zero-order valence-corrected chi connectivity index (χ0v) is 34.5. The molecule has 2 heterocycles. The van der Waals surface area contributed by atoms with E-state index >= 15 is 0 Å². The molecular weight excluding hydrogens is 754 g/mol. The van der Waals surface area contributed by atoms with Gasteiger partial charge in [0, 0.05) is 31.3 Å². The molecule has 15 heteroatoms. The van der Waals surface area contributed by atoms with Gasteiger partial charge in [-0.2, -0.15) is 0 Å². The highest BCUT2D eigenvalue weighted by atomic mass is 16.8. The van der Waals surface area contributed by atoms with Gasteiger partial charge in [0.2, 0.25) is 5.91 Å². The maximum atomic E-state index is 13.8. The molecule has 9 unspecified atom stereocenters. The Balaban J connectivity index is 1.48. The number of rotatable bonds is 21. The van der Waals surface area contributed by atoms with Gasteiger partial charge < -0.3 is 59.3 Å². The number of benzene rings is 1. The average Bonchev–Trinajstić information content (AvgIpc) is 3.56. The molecule has 0 saturated carbocycles. The number of nitrogens with one attached hydrogen (secondary N) is 1. The second-order valence-electron chi connectivity index (χ2n) is 16.4. The molecule has 2 saturated heterocycles. The van der Waals surface area contributed by atoms with E-state index in [1.54, 1.807) is 63.3 Å². The number of aliphatic hydroxyl groups excluding tert-OH is 5. The molecule has 0 spiro atoms. The molecule has 1 aromatic rings. The first-order valence-electron chi connectivity index (χ1n) is 20.7. The lowest BCUT2D eigenvalue weighted by Gasteiger charge is -2.39. The highest BCUT2D eigenvalue weighted by Crippen LogP contribution is 2.43. The summed E-state index contributed by atoms with van der Waals surface area (Å²) in [5.41, 5.74) is 0.519. The van der Waals surface area contributed by atoms with Crippen LogP contribution in [0.4, 0.5) is 0 Å². The second-order valence-corrected chi connectivity index (χ2v) is 16.4. The third kappa shape index (κ3) is 13.6. The standard InChI is InChI=1S/C43H65NO14/c1-6-8-10-19-43(20-11-9-7-2)56-32-24-29(39(51)44-30(25-45)17-18-34(47)57-42(3,4)5)23-31(38(32)58-43)54-40(52)28-16-12-14-27(22-28)15-13-21-53-41-37(50)36(49)35(48)33(26-46)55-41/h12-16,22,24,30-33,35-38,41,45-46,48-50H,6-11,17-21,23,25-26H2,1-5H3,(H,44,51). The molecule has 3 aliphatic rings. The fourth-order valence-corrected chi connectivity index (χ4v) is 7.29. The first-order chi connectivity index (χ1) is 27.6. The number of ether oxygens (including phenoxy) is 6. The maximum absolute atomic E-state index is 13.8. The van der Waals surface area contributed by atoms with E-state index < -0.39 is 97.5 Å². The Labute approximate surface area is 341 Å². The second kappa shape index (κ2) is 22.4. The summed E-state index contributed by atoms with van der Waals surface area (Å²) in [6.45, 7) is 8.52. The number of hydrogen-bond acceptors (Lipinski definition) is 14. The van der Waals surface area contributed by atoms with Gasteiger partial charge >= 0.3 is 11.9 Å². The molecular formula is C43H65NO14. The van der Waals surface area contributed by atoms with Crippen LogP contribution in [0.1, 0.15) is 121 Å². The van der Waals surface area contributed by atoms with Crippen molar-refractivity contribution in [2.24, 2.45) is 0 Å². The van der Waals surface area contributed by atoms with Gasteiger partial charge in [0.05, 0.1) is 31.4 Å². The number of amides is 1. The zero-order valence-electron chi connectivity index (χ0n) is 34.5. The Kier molecular flexibility index (Phi) is 18.3. The summed E-state index contributed by atoms with van der Waals surface area (Å²) in [6.07, 6.45) is 3.10. The Morgan fingerprint density at radius 1 is 0.983 bits per heavy atom. The number of aliphatic hydroxyl groups is 5. The van der Waals surface area contributed by atoms with E-state index in [0.29, 0.717) is 24.0 Å². The maximum Gasteiger partial charge on any atom is 0.338 e. The fraction of sp³-hybridized carbons (Fsp3) is 0.698. The highest BCUT2D eigenvalue weighted by molar-refractivity contribution is 5.94. The van der Waals surface area contributed by atoms with Gasteiger partial charge in [-0.05, 0) is 63.8 Å². The summed E-state index contributed by atoms with van der Waals surface area (Å²) in [7, 11) is 0. The first-order valence-corrected chi connectivity index (χ1v) is 20.7. The van der Waals surface area contributed by atoms with Crippen molar-refractivity contribution < 1.29 is 68.3 Å². The number of hydrogen-bond donors (Lipinski definition) is 6. The lowest BCUT2D eigenvalue weighted by Crippen LogP contribution is -2.59. The van der Waals surface area contributed by atoms with Crippen molar-refractivity contribution in [3.8, 4) is 0 Å². The van der Waals surface area contributed by atoms with Gasteiger partial charge in [-0.25, -0.2) is 4.79 Å². The van der Waals surface area contributed by atoms with Crippen molar-refractivity contribution in [2.75, 3.05) is 19.8 Å². The van der Waals surface area contributed by atoms with Crippen LogP contribution >= 0.6 is 0 Å². The van der Waals surface area contributed by atoms with Crippen LogP contribution in [0.5, 0.6) is 0 Å². The van der Waals surface area contributed by atoms with Crippen LogP contribution in [0, 0.1) is 0 Å². The summed E-state index contributed by atoms with van der Waals surface area (Å²) in [5, 5.41) is 52.6. The molecule has 2 aliphatic heterocycles. The SMILES string of the molecule is CCCCCC1(CCCCC)OC2C=C(C(=O)NC(CO)CCC(=O)OC(C)(C)C)CC(OC(=O)c3cccc(C=CCOC4OC(CO)C(O)C(O)C4O)c3)C2O1. The van der Waals surface area contributed by atoms with E-state index in [1.807, 2.05) is 0 Å². The number of fused-ring (bicyclic) bond motifs is 1. The summed E-state index contributed by atoms with van der Waals surface area (Å²) in [4.78, 5) is 39.9. The van der Waals surface area contributed by atoms with Gasteiger partial charge in [-0.15, -0.1) is 0 Å². The molecule has 326 valence electrons. The van der Waals surface area contributed by atoms with Crippen molar-refractivity contribution in [3.05, 3.63) is 53.1 Å². The molecule has 58 heavy (non-hydrogen) atoms. The number of esters is 2. The quantitative estimate of drug-likeness (QED) is 0.0772. The van der Waals surface area contributed by atoms with Crippen LogP contribution in [-0.2, 0) is 38.0 Å². The van der Waals surface area contributed by atoms with Crippen LogP contribution < -0.4 is 5.32 Å². The topological polar surface area (TPSA) is 220 Å². The average molecular weight is 820 g/mol. The minimum atomic E-state index is -1.56. The van der Waals surface area contributed by atoms with Crippen LogP contribution in [0.2, 0.25) is 0 Å². The first kappa shape index (κ1) is 47.4. The molecule has 0 bridgehead atoms. The summed E-state index contributed by atoms with van der Waals surface area (Å²) in [6, 6.07) is 5.96. The van der Waals surface area contributed by atoms with Gasteiger partial charge in [0.1, 0.15) is 48.3 Å². The van der Waals surface area contributed by atoms with Gasteiger partial charge in [0.25, 0.3) is 0 Å². The Morgan fingerprint density at radius 2 is 1.69 bits per heavy atom. The lowest BCUT2D eigenvalue weighted by molar-refractivity contribution is -0.298. The number of unbranched alkanes of at least 4 members (excludes halogenated alkanes) is 4. The van der Waals surface area contributed by atoms with E-state index in [9.17, 15) is 39.9 Å². The van der Waals surface area contributed by atoms with E-state index in [4.69, 9.17) is 28.4 Å². The molecule has 2 fully saturated rings. The van der Waals surface area contributed by atoms with Crippen LogP contribution in [0.25, 0.3) is 6.08 Å². The lowest BCUT2D eigenvalue weighted by atomic mass is 9.91. The van der Waals surface area contributed by atoms with Gasteiger partial charge in [-0.1, -0.05) is 63.8 Å². The molecule has 1 amide bonds. The Morgan fingerprint density at radius 3 is 2.33 bits per heavy atom. The van der Waals surface area contributed by atoms with Crippen LogP contribution in [-0.4, -0.2) is 130 Å². The van der Waals surface area contributed by atoms with E-state index in [1.165, 1.54) is 0 Å². The normalized spacial score (nSPS) is 27.4. The molecule has 0 aromatic heterocycles. The van der Waals surface area contributed by atoms with Crippen molar-refractivity contribution in [1.29, 1.82) is 0 Å². The van der Waals surface area contributed by atoms with Crippen LogP contribution in [0.15, 0.2) is 42.0 Å². The van der Waals surface area contributed by atoms with Crippen LogP contribution in [0.3, 0.4) is 0 Å². The molecule has 4 rings (SSSR count). The molecule has 15 nitrogen and oxygen atoms in total. The number of carbonyl (C=O) groups is 3. The highest BCUT2D eigenvalue weighted by Gasteiger charge is 2.52. The molecule has 6 N–H and O–H groups in total. The number of carbonyl (C=O) groups excluding carboxylic acids is 3. The predicted octanol–water partition coefficient (Wildman–Crippen LogP) is 3.61.